The monoisotopic (exact) mass is 446 g/mol. The highest BCUT2D eigenvalue weighted by atomic mass is 16.5. The van der Waals surface area contributed by atoms with Gasteiger partial charge in [-0.15, -0.1) is 0 Å². The number of carbonyl (C=O) groups is 3. The van der Waals surface area contributed by atoms with Crippen molar-refractivity contribution in [3.05, 3.63) is 30.0 Å². The molecule has 0 saturated heterocycles. The van der Waals surface area contributed by atoms with E-state index in [2.05, 4.69) is 20.6 Å². The van der Waals surface area contributed by atoms with Gasteiger partial charge in [0.15, 0.2) is 0 Å². The van der Waals surface area contributed by atoms with Gasteiger partial charge < -0.3 is 25.6 Å². The predicted molar refractivity (Wildman–Crippen MR) is 117 cm³/mol. The number of para-hydroxylation sites is 2. The molecule has 4 N–H and O–H groups in total. The zero-order valence-electron chi connectivity index (χ0n) is 18.1. The molecule has 3 rings (SSSR count). The minimum atomic E-state index is -0.487. The lowest BCUT2D eigenvalue weighted by Crippen LogP contribution is -2.42. The third-order valence-electron chi connectivity index (χ3n) is 5.27. The Hall–Kier alpha value is -3.27. The number of amides is 2. The first-order valence-corrected chi connectivity index (χ1v) is 10.5. The van der Waals surface area contributed by atoms with Crippen LogP contribution >= 0.6 is 0 Å². The molecular weight excluding hydrogens is 416 g/mol. The van der Waals surface area contributed by atoms with E-state index in [1.165, 1.54) is 0 Å². The van der Waals surface area contributed by atoms with E-state index < -0.39 is 6.61 Å². The fourth-order valence-electron chi connectivity index (χ4n) is 3.81. The number of ether oxygens (including phenoxy) is 1. The molecule has 0 unspecified atom stereocenters. The van der Waals surface area contributed by atoms with Gasteiger partial charge in [0.1, 0.15) is 12.3 Å². The molecule has 32 heavy (non-hydrogen) atoms. The maximum atomic E-state index is 12.3. The predicted octanol–water partition coefficient (Wildman–Crippen LogP) is 1.06. The van der Waals surface area contributed by atoms with Gasteiger partial charge in [-0.1, -0.05) is 18.6 Å². The first-order valence-electron chi connectivity index (χ1n) is 10.5. The summed E-state index contributed by atoms with van der Waals surface area (Å²) in [6.45, 7) is -0.149. The SMILES string of the molecule is COc1nc2ccccc2nc1CCC(=O)NC[C@@H]1CCC[C@H](NC(=O)CO)C1.O=CO. The Labute approximate surface area is 186 Å². The molecular formula is C22H30N4O6. The van der Waals surface area contributed by atoms with Gasteiger partial charge in [0.2, 0.25) is 17.7 Å². The molecule has 1 heterocycles. The van der Waals surface area contributed by atoms with E-state index in [0.717, 1.165) is 36.7 Å². The van der Waals surface area contributed by atoms with Crippen molar-refractivity contribution in [2.75, 3.05) is 20.3 Å². The molecule has 2 atom stereocenters. The Balaban J connectivity index is 0.00000114. The highest BCUT2D eigenvalue weighted by molar-refractivity contribution is 5.78. The number of rotatable bonds is 8. The molecule has 1 aliphatic carbocycles. The number of carbonyl (C=O) groups excluding carboxylic acids is 2. The van der Waals surface area contributed by atoms with Crippen LogP contribution in [0.1, 0.15) is 37.8 Å². The number of nitrogens with zero attached hydrogens (tertiary/aromatic N) is 2. The summed E-state index contributed by atoms with van der Waals surface area (Å²) < 4.78 is 5.34. The van der Waals surface area contributed by atoms with Crippen LogP contribution < -0.4 is 15.4 Å². The largest absolute Gasteiger partial charge is 0.483 e. The van der Waals surface area contributed by atoms with Crippen LogP contribution in [0.15, 0.2) is 24.3 Å². The van der Waals surface area contributed by atoms with Crippen molar-refractivity contribution < 1.29 is 29.3 Å². The second-order valence-electron chi connectivity index (χ2n) is 7.53. The van der Waals surface area contributed by atoms with Crippen LogP contribution in [0.25, 0.3) is 11.0 Å². The topological polar surface area (TPSA) is 151 Å². The molecule has 0 aliphatic heterocycles. The van der Waals surface area contributed by atoms with Crippen molar-refractivity contribution >= 4 is 29.3 Å². The maximum absolute atomic E-state index is 12.3. The number of hydrogen-bond donors (Lipinski definition) is 4. The molecule has 174 valence electrons. The number of aryl methyl sites for hydroxylation is 1. The summed E-state index contributed by atoms with van der Waals surface area (Å²) in [4.78, 5) is 41.1. The number of aliphatic hydroxyl groups is 1. The standard InChI is InChI=1S/C21H28N4O4.CH2O2/c1-29-21-18(24-16-7-2-3-8-17(16)25-21)9-10-19(27)22-12-14-5-4-6-15(11-14)23-20(28)13-26;2-1-3/h2-3,7-8,14-15,26H,4-6,9-13H2,1H3,(H,22,27)(H,23,28);1H,(H,2,3)/t14-,15+;/m1./s1. The van der Waals surface area contributed by atoms with Gasteiger partial charge in [0.05, 0.1) is 18.1 Å². The molecule has 1 aromatic heterocycles. The number of aromatic nitrogens is 2. The Morgan fingerprint density at radius 3 is 2.53 bits per heavy atom. The van der Waals surface area contributed by atoms with E-state index in [1.807, 2.05) is 24.3 Å². The minimum absolute atomic E-state index is 0.0384. The van der Waals surface area contributed by atoms with Crippen LogP contribution in [-0.4, -0.2) is 64.8 Å². The van der Waals surface area contributed by atoms with Crippen molar-refractivity contribution in [1.82, 2.24) is 20.6 Å². The van der Waals surface area contributed by atoms with Gasteiger partial charge in [-0.3, -0.25) is 14.4 Å². The third-order valence-corrected chi connectivity index (χ3v) is 5.27. The molecule has 0 bridgehead atoms. The van der Waals surface area contributed by atoms with E-state index in [1.54, 1.807) is 7.11 Å². The molecule has 1 aliphatic rings. The number of methoxy groups -OCH3 is 1. The van der Waals surface area contributed by atoms with Crippen LogP contribution in [0, 0.1) is 5.92 Å². The highest BCUT2D eigenvalue weighted by Gasteiger charge is 2.23. The Bertz CT molecular complexity index is 907. The van der Waals surface area contributed by atoms with E-state index >= 15 is 0 Å². The fourth-order valence-corrected chi connectivity index (χ4v) is 3.81. The molecule has 10 nitrogen and oxygen atoms in total. The van der Waals surface area contributed by atoms with E-state index in [0.29, 0.717) is 36.9 Å². The fraction of sp³-hybridized carbons (Fsp3) is 0.500. The molecule has 10 heteroatoms. The van der Waals surface area contributed by atoms with Crippen molar-refractivity contribution in [2.24, 2.45) is 5.92 Å². The number of aliphatic hydroxyl groups excluding tert-OH is 1. The summed E-state index contributed by atoms with van der Waals surface area (Å²) in [5, 5.41) is 21.6. The summed E-state index contributed by atoms with van der Waals surface area (Å²) in [6, 6.07) is 7.64. The summed E-state index contributed by atoms with van der Waals surface area (Å²) in [5.41, 5.74) is 2.21. The van der Waals surface area contributed by atoms with Crippen molar-refractivity contribution in [3.63, 3.8) is 0 Å². The average Bonchev–Trinajstić information content (AvgIpc) is 2.81. The Morgan fingerprint density at radius 1 is 1.19 bits per heavy atom. The van der Waals surface area contributed by atoms with E-state index in [9.17, 15) is 9.59 Å². The number of benzene rings is 1. The average molecular weight is 447 g/mol. The zero-order chi connectivity index (χ0) is 23.3. The Kier molecular flexibility index (Phi) is 10.3. The smallest absolute Gasteiger partial charge is 0.290 e. The summed E-state index contributed by atoms with van der Waals surface area (Å²) in [5.74, 6) is 0.395. The van der Waals surface area contributed by atoms with Gasteiger partial charge in [-0.25, -0.2) is 9.97 Å². The molecule has 0 spiro atoms. The summed E-state index contributed by atoms with van der Waals surface area (Å²) in [7, 11) is 1.55. The Morgan fingerprint density at radius 2 is 1.88 bits per heavy atom. The first-order chi connectivity index (χ1) is 15.5. The molecule has 1 saturated carbocycles. The lowest BCUT2D eigenvalue weighted by atomic mass is 9.85. The molecule has 1 fully saturated rings. The lowest BCUT2D eigenvalue weighted by Gasteiger charge is -2.29. The normalized spacial score (nSPS) is 17.6. The quantitative estimate of drug-likeness (QED) is 0.440. The lowest BCUT2D eigenvalue weighted by molar-refractivity contribution is -0.125. The highest BCUT2D eigenvalue weighted by Crippen LogP contribution is 2.24. The second kappa shape index (κ2) is 13.2. The third kappa shape index (κ3) is 7.77. The first kappa shape index (κ1) is 25.0. The summed E-state index contributed by atoms with van der Waals surface area (Å²) >= 11 is 0. The van der Waals surface area contributed by atoms with Crippen molar-refractivity contribution in [1.29, 1.82) is 0 Å². The molecule has 2 aromatic rings. The van der Waals surface area contributed by atoms with Crippen LogP contribution in [0.4, 0.5) is 0 Å². The van der Waals surface area contributed by atoms with Crippen LogP contribution in [0.2, 0.25) is 0 Å². The second-order valence-corrected chi connectivity index (χ2v) is 7.53. The summed E-state index contributed by atoms with van der Waals surface area (Å²) in [6.07, 6.45) is 4.51. The van der Waals surface area contributed by atoms with Crippen molar-refractivity contribution in [3.8, 4) is 5.88 Å². The zero-order valence-corrected chi connectivity index (χ0v) is 18.1. The van der Waals surface area contributed by atoms with Gasteiger partial charge >= 0.3 is 0 Å². The van der Waals surface area contributed by atoms with Gasteiger partial charge in [0, 0.05) is 25.4 Å². The molecule has 2 amide bonds. The van der Waals surface area contributed by atoms with Crippen LogP contribution in [-0.2, 0) is 20.8 Å². The van der Waals surface area contributed by atoms with Gasteiger partial charge in [0.25, 0.3) is 6.47 Å². The van der Waals surface area contributed by atoms with Crippen molar-refractivity contribution in [2.45, 2.75) is 44.6 Å². The van der Waals surface area contributed by atoms with Gasteiger partial charge in [-0.2, -0.15) is 0 Å². The maximum Gasteiger partial charge on any atom is 0.290 e. The molecule has 1 aromatic carbocycles. The number of nitrogens with one attached hydrogen (secondary N) is 2. The van der Waals surface area contributed by atoms with E-state index in [-0.39, 0.29) is 24.3 Å². The van der Waals surface area contributed by atoms with Crippen LogP contribution in [0.5, 0.6) is 5.88 Å². The number of carboxylic acid groups (broad SMARTS) is 1. The number of fused-ring (bicyclic) bond motifs is 1. The minimum Gasteiger partial charge on any atom is -0.483 e. The van der Waals surface area contributed by atoms with Gasteiger partial charge in [-0.05, 0) is 37.3 Å². The van der Waals surface area contributed by atoms with E-state index in [4.69, 9.17) is 19.7 Å². The number of hydrogen-bond acceptors (Lipinski definition) is 7. The van der Waals surface area contributed by atoms with Crippen LogP contribution in [0.3, 0.4) is 0 Å². The molecule has 0 radical (unpaired) electrons.